The highest BCUT2D eigenvalue weighted by Crippen LogP contribution is 2.42. The van der Waals surface area contributed by atoms with Gasteiger partial charge in [0.1, 0.15) is 5.58 Å². The van der Waals surface area contributed by atoms with Crippen molar-refractivity contribution in [1.82, 2.24) is 9.80 Å². The Kier molecular flexibility index (Phi) is 6.34. The van der Waals surface area contributed by atoms with Crippen LogP contribution in [0.2, 0.25) is 0 Å². The van der Waals surface area contributed by atoms with E-state index in [1.54, 1.807) is 30.3 Å². The third kappa shape index (κ3) is 4.12. The first kappa shape index (κ1) is 23.4. The van der Waals surface area contributed by atoms with Crippen LogP contribution in [0.15, 0.2) is 58.2 Å². The summed E-state index contributed by atoms with van der Waals surface area (Å²) in [4.78, 5) is 30.2. The van der Waals surface area contributed by atoms with Crippen LogP contribution in [-0.2, 0) is 4.79 Å². The normalized spacial score (nSPS) is 16.1. The summed E-state index contributed by atoms with van der Waals surface area (Å²) in [5, 5.41) is 11.6. The predicted molar refractivity (Wildman–Crippen MR) is 127 cm³/mol. The largest absolute Gasteiger partial charge is 0.503 e. The van der Waals surface area contributed by atoms with Gasteiger partial charge < -0.3 is 28.8 Å². The zero-order valence-electron chi connectivity index (χ0n) is 19.9. The Bertz CT molecular complexity index is 1290. The molecule has 1 atom stereocenters. The maximum Gasteiger partial charge on any atom is 0.290 e. The minimum Gasteiger partial charge on any atom is -0.503 e. The molecule has 1 unspecified atom stereocenters. The number of rotatable bonds is 8. The zero-order chi connectivity index (χ0) is 24.6. The number of hydrogen-bond acceptors (Lipinski definition) is 7. The summed E-state index contributed by atoms with van der Waals surface area (Å²) in [5.41, 5.74) is 2.19. The van der Waals surface area contributed by atoms with E-state index in [2.05, 4.69) is 0 Å². The zero-order valence-corrected chi connectivity index (χ0v) is 19.9. The quantitative estimate of drug-likeness (QED) is 0.506. The molecule has 34 heavy (non-hydrogen) atoms. The average Bonchev–Trinajstić information content (AvgIpc) is 3.35. The second-order valence-electron chi connectivity index (χ2n) is 8.56. The summed E-state index contributed by atoms with van der Waals surface area (Å²) in [6.45, 7) is 2.81. The first-order chi connectivity index (χ1) is 16.2. The van der Waals surface area contributed by atoms with Crippen LogP contribution >= 0.6 is 0 Å². The van der Waals surface area contributed by atoms with E-state index in [1.165, 1.54) is 19.1 Å². The molecule has 0 aliphatic carbocycles. The molecule has 2 heterocycles. The number of benzene rings is 2. The number of methoxy groups -OCH3 is 2. The van der Waals surface area contributed by atoms with Crippen molar-refractivity contribution in [2.75, 3.05) is 41.4 Å². The smallest absolute Gasteiger partial charge is 0.290 e. The van der Waals surface area contributed by atoms with Gasteiger partial charge >= 0.3 is 0 Å². The van der Waals surface area contributed by atoms with Gasteiger partial charge in [0.15, 0.2) is 23.0 Å². The Morgan fingerprint density at radius 3 is 2.50 bits per heavy atom. The molecule has 1 aliphatic rings. The van der Waals surface area contributed by atoms with Crippen LogP contribution in [0.4, 0.5) is 0 Å². The van der Waals surface area contributed by atoms with Gasteiger partial charge in [-0.1, -0.05) is 17.7 Å². The van der Waals surface area contributed by atoms with Crippen molar-refractivity contribution < 1.29 is 28.6 Å². The third-order valence-corrected chi connectivity index (χ3v) is 5.96. The molecule has 0 bridgehead atoms. The Balaban J connectivity index is 1.82. The standard InChI is InChI=1S/C26H28N2O6/c1-15-6-8-18-17(12-15)14-21(34-18)24(29)22-23(16-7-9-19(32-4)20(13-16)33-5)28(11-10-27(2)3)26(31)25(22)30/h6-9,12-14,23,30H,10-11H2,1-5H3. The fourth-order valence-corrected chi connectivity index (χ4v) is 4.20. The molecule has 0 fully saturated rings. The summed E-state index contributed by atoms with van der Waals surface area (Å²) in [7, 11) is 6.83. The number of aryl methyl sites for hydroxylation is 1. The molecule has 0 radical (unpaired) electrons. The van der Waals surface area contributed by atoms with E-state index < -0.39 is 23.5 Å². The van der Waals surface area contributed by atoms with Crippen molar-refractivity contribution >= 4 is 22.7 Å². The van der Waals surface area contributed by atoms with Crippen molar-refractivity contribution in [3.05, 3.63) is 70.7 Å². The first-order valence-corrected chi connectivity index (χ1v) is 10.9. The van der Waals surface area contributed by atoms with Crippen molar-refractivity contribution in [2.24, 2.45) is 0 Å². The lowest BCUT2D eigenvalue weighted by molar-refractivity contribution is -0.129. The van der Waals surface area contributed by atoms with Crippen molar-refractivity contribution in [2.45, 2.75) is 13.0 Å². The highest BCUT2D eigenvalue weighted by Gasteiger charge is 2.44. The van der Waals surface area contributed by atoms with Gasteiger partial charge in [0.2, 0.25) is 5.78 Å². The van der Waals surface area contributed by atoms with Gasteiger partial charge in [-0.2, -0.15) is 0 Å². The molecule has 1 aromatic heterocycles. The number of fused-ring (bicyclic) bond motifs is 1. The lowest BCUT2D eigenvalue weighted by Crippen LogP contribution is -2.36. The Morgan fingerprint density at radius 1 is 1.09 bits per heavy atom. The Morgan fingerprint density at radius 2 is 1.82 bits per heavy atom. The summed E-state index contributed by atoms with van der Waals surface area (Å²) >= 11 is 0. The number of hydrogen-bond donors (Lipinski definition) is 1. The molecule has 1 aliphatic heterocycles. The highest BCUT2D eigenvalue weighted by molar-refractivity contribution is 6.16. The van der Waals surface area contributed by atoms with Crippen LogP contribution in [0.25, 0.3) is 11.0 Å². The van der Waals surface area contributed by atoms with Crippen LogP contribution in [0, 0.1) is 6.92 Å². The number of carbonyl (C=O) groups is 2. The fourth-order valence-electron chi connectivity index (χ4n) is 4.20. The molecule has 3 aromatic rings. The molecule has 178 valence electrons. The number of likely N-dealkylation sites (N-methyl/N-ethyl adjacent to an activating group) is 1. The molecule has 2 aromatic carbocycles. The molecule has 4 rings (SSSR count). The number of Topliss-reactive ketones (excluding diaryl/α,β-unsaturated/α-hetero) is 1. The second-order valence-corrected chi connectivity index (χ2v) is 8.56. The van der Waals surface area contributed by atoms with Crippen LogP contribution in [0.1, 0.15) is 27.7 Å². The summed E-state index contributed by atoms with van der Waals surface area (Å²) in [6, 6.07) is 11.6. The summed E-state index contributed by atoms with van der Waals surface area (Å²) in [5.74, 6) is -0.666. The minimum atomic E-state index is -0.810. The Hall–Kier alpha value is -3.78. The average molecular weight is 465 g/mol. The van der Waals surface area contributed by atoms with E-state index >= 15 is 0 Å². The molecular formula is C26H28N2O6. The maximum absolute atomic E-state index is 13.6. The van der Waals surface area contributed by atoms with Crippen LogP contribution in [0.5, 0.6) is 11.5 Å². The number of nitrogens with zero attached hydrogens (tertiary/aromatic N) is 2. The monoisotopic (exact) mass is 464 g/mol. The van der Waals surface area contributed by atoms with Gasteiger partial charge in [0.25, 0.3) is 5.91 Å². The number of furan rings is 1. The number of ketones is 1. The van der Waals surface area contributed by atoms with Gasteiger partial charge in [0, 0.05) is 18.5 Å². The lowest BCUT2D eigenvalue weighted by Gasteiger charge is -2.28. The molecule has 8 heteroatoms. The summed E-state index contributed by atoms with van der Waals surface area (Å²) < 4.78 is 16.6. The van der Waals surface area contributed by atoms with Crippen LogP contribution < -0.4 is 9.47 Å². The second kappa shape index (κ2) is 9.23. The predicted octanol–water partition coefficient (Wildman–Crippen LogP) is 3.90. The number of amides is 1. The Labute approximate surface area is 198 Å². The molecule has 0 spiro atoms. The lowest BCUT2D eigenvalue weighted by atomic mass is 9.94. The number of ether oxygens (including phenoxy) is 2. The van der Waals surface area contributed by atoms with E-state index in [-0.39, 0.29) is 11.3 Å². The van der Waals surface area contributed by atoms with E-state index in [1.807, 2.05) is 38.1 Å². The van der Waals surface area contributed by atoms with E-state index in [0.29, 0.717) is 35.7 Å². The third-order valence-electron chi connectivity index (χ3n) is 5.96. The van der Waals surface area contributed by atoms with Gasteiger partial charge in [0.05, 0.1) is 25.8 Å². The molecular weight excluding hydrogens is 436 g/mol. The van der Waals surface area contributed by atoms with Gasteiger partial charge in [-0.3, -0.25) is 9.59 Å². The molecule has 0 saturated heterocycles. The van der Waals surface area contributed by atoms with Gasteiger partial charge in [-0.25, -0.2) is 0 Å². The van der Waals surface area contributed by atoms with Crippen molar-refractivity contribution in [3.63, 3.8) is 0 Å². The molecule has 1 amide bonds. The van der Waals surface area contributed by atoms with E-state index in [4.69, 9.17) is 13.9 Å². The molecule has 8 nitrogen and oxygen atoms in total. The molecule has 1 N–H and O–H groups in total. The van der Waals surface area contributed by atoms with Crippen LogP contribution in [0.3, 0.4) is 0 Å². The van der Waals surface area contributed by atoms with Gasteiger partial charge in [-0.15, -0.1) is 0 Å². The van der Waals surface area contributed by atoms with Crippen molar-refractivity contribution in [1.29, 1.82) is 0 Å². The minimum absolute atomic E-state index is 0.0215. The number of carbonyl (C=O) groups excluding carboxylic acids is 2. The first-order valence-electron chi connectivity index (χ1n) is 10.9. The fraction of sp³-hybridized carbons (Fsp3) is 0.308. The van der Waals surface area contributed by atoms with Gasteiger partial charge in [-0.05, 0) is 56.9 Å². The van der Waals surface area contributed by atoms with Crippen LogP contribution in [-0.4, -0.2) is 68.0 Å². The van der Waals surface area contributed by atoms with Crippen molar-refractivity contribution in [3.8, 4) is 11.5 Å². The van der Waals surface area contributed by atoms with E-state index in [0.717, 1.165) is 10.9 Å². The summed E-state index contributed by atoms with van der Waals surface area (Å²) in [6.07, 6.45) is 0. The highest BCUT2D eigenvalue weighted by atomic mass is 16.5. The van der Waals surface area contributed by atoms with E-state index in [9.17, 15) is 14.7 Å². The topological polar surface area (TPSA) is 92.5 Å². The SMILES string of the molecule is COc1ccc(C2C(C(=O)c3cc4cc(C)ccc4o3)=C(O)C(=O)N2CCN(C)C)cc1OC. The molecule has 0 saturated carbocycles. The maximum atomic E-state index is 13.6. The number of aliphatic hydroxyl groups excluding tert-OH is 1. The number of aliphatic hydroxyl groups is 1.